The Morgan fingerprint density at radius 1 is 1.14 bits per heavy atom. The summed E-state index contributed by atoms with van der Waals surface area (Å²) >= 11 is 0. The number of benzene rings is 1. The molecule has 2 N–H and O–H groups in total. The van der Waals surface area contributed by atoms with Crippen molar-refractivity contribution in [1.82, 2.24) is 4.98 Å². The SMILES string of the molecule is CC(N)c1ccccc1OC(c1cccnc1)C(F)(F)F. The number of aromatic nitrogens is 1. The molecule has 3 nitrogen and oxygen atoms in total. The maximum absolute atomic E-state index is 13.2. The van der Waals surface area contributed by atoms with Gasteiger partial charge in [0.2, 0.25) is 6.10 Å². The van der Waals surface area contributed by atoms with E-state index in [1.165, 1.54) is 24.4 Å². The van der Waals surface area contributed by atoms with Crippen molar-refractivity contribution in [2.75, 3.05) is 0 Å². The molecule has 2 aromatic rings. The Labute approximate surface area is 120 Å². The van der Waals surface area contributed by atoms with Gasteiger partial charge in [0.15, 0.2) is 0 Å². The fourth-order valence-electron chi connectivity index (χ4n) is 1.95. The molecule has 0 amide bonds. The van der Waals surface area contributed by atoms with E-state index in [9.17, 15) is 13.2 Å². The van der Waals surface area contributed by atoms with Gasteiger partial charge in [-0.3, -0.25) is 4.98 Å². The van der Waals surface area contributed by atoms with E-state index in [-0.39, 0.29) is 11.3 Å². The highest BCUT2D eigenvalue weighted by atomic mass is 19.4. The van der Waals surface area contributed by atoms with E-state index in [4.69, 9.17) is 10.5 Å². The van der Waals surface area contributed by atoms with Crippen molar-refractivity contribution in [3.63, 3.8) is 0 Å². The van der Waals surface area contributed by atoms with Crippen LogP contribution in [-0.2, 0) is 0 Å². The van der Waals surface area contributed by atoms with E-state index in [1.54, 1.807) is 25.1 Å². The molecule has 0 aliphatic carbocycles. The second-order valence-electron chi connectivity index (χ2n) is 4.65. The molecule has 0 aliphatic rings. The minimum Gasteiger partial charge on any atom is -0.476 e. The molecular formula is C15H15F3N2O. The molecule has 1 heterocycles. The molecule has 2 rings (SSSR count). The van der Waals surface area contributed by atoms with Crippen LogP contribution in [0.3, 0.4) is 0 Å². The summed E-state index contributed by atoms with van der Waals surface area (Å²) in [6, 6.07) is 8.79. The van der Waals surface area contributed by atoms with Crippen LogP contribution >= 0.6 is 0 Å². The average molecular weight is 296 g/mol. The van der Waals surface area contributed by atoms with Crippen LogP contribution in [0.4, 0.5) is 13.2 Å². The van der Waals surface area contributed by atoms with Gasteiger partial charge >= 0.3 is 6.18 Å². The first-order valence-corrected chi connectivity index (χ1v) is 6.37. The lowest BCUT2D eigenvalue weighted by Gasteiger charge is -2.24. The summed E-state index contributed by atoms with van der Waals surface area (Å²) in [5.74, 6) is 0.124. The molecule has 2 unspecified atom stereocenters. The lowest BCUT2D eigenvalue weighted by molar-refractivity contribution is -0.198. The zero-order valence-electron chi connectivity index (χ0n) is 11.3. The maximum Gasteiger partial charge on any atom is 0.429 e. The van der Waals surface area contributed by atoms with Crippen LogP contribution in [0, 0.1) is 0 Å². The van der Waals surface area contributed by atoms with Gasteiger partial charge in [-0.1, -0.05) is 24.3 Å². The number of ether oxygens (including phenoxy) is 1. The van der Waals surface area contributed by atoms with Crippen LogP contribution in [0.15, 0.2) is 48.8 Å². The largest absolute Gasteiger partial charge is 0.476 e. The first-order chi connectivity index (χ1) is 9.89. The monoisotopic (exact) mass is 296 g/mol. The third kappa shape index (κ3) is 3.72. The highest BCUT2D eigenvalue weighted by Crippen LogP contribution is 2.38. The van der Waals surface area contributed by atoms with Crippen molar-refractivity contribution in [3.8, 4) is 5.75 Å². The van der Waals surface area contributed by atoms with Crippen molar-refractivity contribution < 1.29 is 17.9 Å². The molecule has 0 saturated carbocycles. The molecule has 0 aliphatic heterocycles. The third-order valence-corrected chi connectivity index (χ3v) is 2.94. The molecule has 2 atom stereocenters. The molecule has 6 heteroatoms. The first kappa shape index (κ1) is 15.3. The quantitative estimate of drug-likeness (QED) is 0.934. The topological polar surface area (TPSA) is 48.1 Å². The number of hydrogen-bond donors (Lipinski definition) is 1. The number of nitrogens with two attached hydrogens (primary N) is 1. The van der Waals surface area contributed by atoms with Crippen molar-refractivity contribution in [3.05, 3.63) is 59.9 Å². The molecule has 21 heavy (non-hydrogen) atoms. The molecule has 1 aromatic carbocycles. The summed E-state index contributed by atoms with van der Waals surface area (Å²) in [5.41, 5.74) is 6.24. The van der Waals surface area contributed by atoms with Crippen molar-refractivity contribution >= 4 is 0 Å². The van der Waals surface area contributed by atoms with Crippen LogP contribution in [0.1, 0.15) is 30.2 Å². The smallest absolute Gasteiger partial charge is 0.429 e. The van der Waals surface area contributed by atoms with Gasteiger partial charge in [0.1, 0.15) is 5.75 Å². The highest BCUT2D eigenvalue weighted by Gasteiger charge is 2.43. The lowest BCUT2D eigenvalue weighted by Crippen LogP contribution is -2.27. The molecule has 112 valence electrons. The number of para-hydroxylation sites is 1. The average Bonchev–Trinajstić information content (AvgIpc) is 2.44. The van der Waals surface area contributed by atoms with E-state index in [0.717, 1.165) is 6.20 Å². The fourth-order valence-corrected chi connectivity index (χ4v) is 1.95. The van der Waals surface area contributed by atoms with Gasteiger partial charge in [-0.05, 0) is 19.1 Å². The minimum absolute atomic E-state index is 0.0514. The van der Waals surface area contributed by atoms with E-state index in [0.29, 0.717) is 5.56 Å². The van der Waals surface area contributed by atoms with Gasteiger partial charge in [0, 0.05) is 29.6 Å². The molecule has 0 saturated heterocycles. The second-order valence-corrected chi connectivity index (χ2v) is 4.65. The fraction of sp³-hybridized carbons (Fsp3) is 0.267. The lowest BCUT2D eigenvalue weighted by atomic mass is 10.1. The van der Waals surface area contributed by atoms with E-state index < -0.39 is 18.3 Å². The van der Waals surface area contributed by atoms with Gasteiger partial charge in [-0.15, -0.1) is 0 Å². The number of pyridine rings is 1. The Kier molecular flexibility index (Phi) is 4.47. The molecular weight excluding hydrogens is 281 g/mol. The van der Waals surface area contributed by atoms with Crippen LogP contribution in [0.2, 0.25) is 0 Å². The summed E-state index contributed by atoms with van der Waals surface area (Å²) in [4.78, 5) is 3.71. The Hall–Kier alpha value is -2.08. The molecule has 1 aromatic heterocycles. The van der Waals surface area contributed by atoms with Gasteiger partial charge in [0.05, 0.1) is 0 Å². The molecule has 0 spiro atoms. The highest BCUT2D eigenvalue weighted by molar-refractivity contribution is 5.36. The summed E-state index contributed by atoms with van der Waals surface area (Å²) in [5, 5.41) is 0. The Bertz CT molecular complexity index is 585. The second kappa shape index (κ2) is 6.13. The van der Waals surface area contributed by atoms with Crippen LogP contribution in [0.25, 0.3) is 0 Å². The van der Waals surface area contributed by atoms with Crippen LogP contribution in [0.5, 0.6) is 5.75 Å². The molecule has 0 fully saturated rings. The van der Waals surface area contributed by atoms with Gasteiger partial charge in [-0.2, -0.15) is 13.2 Å². The first-order valence-electron chi connectivity index (χ1n) is 6.37. The number of halogens is 3. The number of nitrogens with zero attached hydrogens (tertiary/aromatic N) is 1. The Balaban J connectivity index is 2.37. The van der Waals surface area contributed by atoms with Gasteiger partial charge in [0.25, 0.3) is 0 Å². The van der Waals surface area contributed by atoms with Crippen LogP contribution in [-0.4, -0.2) is 11.2 Å². The van der Waals surface area contributed by atoms with E-state index >= 15 is 0 Å². The number of rotatable bonds is 4. The normalized spacial score (nSPS) is 14.5. The summed E-state index contributed by atoms with van der Waals surface area (Å²) in [6.07, 6.45) is -4.07. The molecule has 0 bridgehead atoms. The Morgan fingerprint density at radius 2 is 1.86 bits per heavy atom. The number of alkyl halides is 3. The Morgan fingerprint density at radius 3 is 2.43 bits per heavy atom. The predicted molar refractivity (Wildman–Crippen MR) is 72.7 cm³/mol. The molecule has 0 radical (unpaired) electrons. The predicted octanol–water partition coefficient (Wildman–Crippen LogP) is 3.78. The zero-order valence-corrected chi connectivity index (χ0v) is 11.3. The maximum atomic E-state index is 13.2. The van der Waals surface area contributed by atoms with Crippen molar-refractivity contribution in [2.24, 2.45) is 5.73 Å². The summed E-state index contributed by atoms with van der Waals surface area (Å²) < 4.78 is 44.9. The van der Waals surface area contributed by atoms with E-state index in [2.05, 4.69) is 4.98 Å². The van der Waals surface area contributed by atoms with Gasteiger partial charge < -0.3 is 10.5 Å². The summed E-state index contributed by atoms with van der Waals surface area (Å²) in [6.45, 7) is 1.69. The van der Waals surface area contributed by atoms with Gasteiger partial charge in [-0.25, -0.2) is 0 Å². The number of hydrogen-bond acceptors (Lipinski definition) is 3. The summed E-state index contributed by atoms with van der Waals surface area (Å²) in [7, 11) is 0. The standard InChI is InChI=1S/C15H15F3N2O/c1-10(19)12-6-2-3-7-13(12)21-14(15(16,17)18)11-5-4-8-20-9-11/h2-10,14H,19H2,1H3. The van der Waals surface area contributed by atoms with Crippen LogP contribution < -0.4 is 10.5 Å². The zero-order chi connectivity index (χ0) is 15.5. The minimum atomic E-state index is -4.55. The third-order valence-electron chi connectivity index (χ3n) is 2.94. The van der Waals surface area contributed by atoms with E-state index in [1.807, 2.05) is 0 Å². The van der Waals surface area contributed by atoms with Crippen molar-refractivity contribution in [2.45, 2.75) is 25.2 Å². The van der Waals surface area contributed by atoms with Crippen molar-refractivity contribution in [1.29, 1.82) is 0 Å².